The van der Waals surface area contributed by atoms with Gasteiger partial charge in [0.05, 0.1) is 0 Å². The fourth-order valence-electron chi connectivity index (χ4n) is 1.64. The number of benzene rings is 1. The van der Waals surface area contributed by atoms with E-state index in [0.717, 1.165) is 11.1 Å². The number of allylic oxidation sites excluding steroid dienone is 2. The number of nitriles is 2. The van der Waals surface area contributed by atoms with Gasteiger partial charge in [0.15, 0.2) is 0 Å². The predicted octanol–water partition coefficient (Wildman–Crippen LogP) is 3.45. The summed E-state index contributed by atoms with van der Waals surface area (Å²) in [6.07, 6.45) is 0. The third-order valence-electron chi connectivity index (χ3n) is 2.43. The molecule has 0 spiro atoms. The van der Waals surface area contributed by atoms with Crippen LogP contribution in [0.1, 0.15) is 25.0 Å². The zero-order valence-corrected chi connectivity index (χ0v) is 9.78. The Morgan fingerprint density at radius 1 is 1.06 bits per heavy atom. The molecule has 0 unspecified atom stereocenters. The van der Waals surface area contributed by atoms with Crippen molar-refractivity contribution in [2.45, 2.75) is 20.8 Å². The van der Waals surface area contributed by atoms with Gasteiger partial charge in [-0.15, -0.1) is 0 Å². The van der Waals surface area contributed by atoms with Gasteiger partial charge in [-0.3, -0.25) is 0 Å². The lowest BCUT2D eigenvalue weighted by atomic mass is 9.91. The zero-order valence-electron chi connectivity index (χ0n) is 9.78. The van der Waals surface area contributed by atoms with Gasteiger partial charge in [-0.25, -0.2) is 0 Å². The molecule has 0 heterocycles. The van der Waals surface area contributed by atoms with E-state index in [1.165, 1.54) is 5.56 Å². The van der Waals surface area contributed by atoms with Crippen molar-refractivity contribution < 1.29 is 0 Å². The lowest BCUT2D eigenvalue weighted by Crippen LogP contribution is -1.97. The second kappa shape index (κ2) is 5.14. The Bertz CT molecular complexity index is 463. The van der Waals surface area contributed by atoms with Crippen molar-refractivity contribution in [2.75, 3.05) is 0 Å². The standard InChI is InChI=1S/C14H14N2/c1-10(2)14(13(8-15)9-16)12-6-4-11(3)5-7-12/h4-7,10H,1-3H3. The van der Waals surface area contributed by atoms with Crippen molar-refractivity contribution in [3.8, 4) is 12.1 Å². The third kappa shape index (κ3) is 2.49. The highest BCUT2D eigenvalue weighted by Crippen LogP contribution is 2.26. The molecule has 0 saturated heterocycles. The maximum atomic E-state index is 8.93. The molecule has 2 nitrogen and oxygen atoms in total. The minimum Gasteiger partial charge on any atom is -0.192 e. The summed E-state index contributed by atoms with van der Waals surface area (Å²) in [5.41, 5.74) is 3.16. The van der Waals surface area contributed by atoms with Crippen molar-refractivity contribution in [3.05, 3.63) is 41.0 Å². The van der Waals surface area contributed by atoms with Crippen molar-refractivity contribution >= 4 is 5.57 Å². The summed E-state index contributed by atoms with van der Waals surface area (Å²) < 4.78 is 0. The molecule has 1 aromatic rings. The molecule has 0 amide bonds. The van der Waals surface area contributed by atoms with E-state index < -0.39 is 0 Å². The van der Waals surface area contributed by atoms with Gasteiger partial charge in [0, 0.05) is 0 Å². The molecular formula is C14H14N2. The average molecular weight is 210 g/mol. The summed E-state index contributed by atoms with van der Waals surface area (Å²) in [5, 5.41) is 17.9. The molecule has 0 saturated carbocycles. The zero-order chi connectivity index (χ0) is 12.1. The second-order valence-electron chi connectivity index (χ2n) is 4.03. The van der Waals surface area contributed by atoms with Crippen molar-refractivity contribution in [3.63, 3.8) is 0 Å². The van der Waals surface area contributed by atoms with Gasteiger partial charge in [-0.2, -0.15) is 10.5 Å². The molecule has 1 aromatic carbocycles. The Balaban J connectivity index is 3.36. The van der Waals surface area contributed by atoms with E-state index in [1.807, 2.05) is 57.2 Å². The molecule has 80 valence electrons. The first-order chi connectivity index (χ1) is 7.60. The summed E-state index contributed by atoms with van der Waals surface area (Å²) >= 11 is 0. The molecule has 16 heavy (non-hydrogen) atoms. The molecule has 0 aliphatic rings. The normalized spacial score (nSPS) is 9.38. The molecule has 0 aliphatic carbocycles. The van der Waals surface area contributed by atoms with Crippen LogP contribution in [-0.4, -0.2) is 0 Å². The topological polar surface area (TPSA) is 47.6 Å². The van der Waals surface area contributed by atoms with Crippen LogP contribution in [0.3, 0.4) is 0 Å². The number of rotatable bonds is 2. The van der Waals surface area contributed by atoms with Gasteiger partial charge < -0.3 is 0 Å². The van der Waals surface area contributed by atoms with Crippen LogP contribution in [0.25, 0.3) is 5.57 Å². The minimum atomic E-state index is 0.164. The first-order valence-electron chi connectivity index (χ1n) is 5.21. The molecular weight excluding hydrogens is 196 g/mol. The van der Waals surface area contributed by atoms with Crippen LogP contribution >= 0.6 is 0 Å². The molecule has 0 N–H and O–H groups in total. The van der Waals surface area contributed by atoms with Crippen molar-refractivity contribution in [1.29, 1.82) is 10.5 Å². The van der Waals surface area contributed by atoms with E-state index >= 15 is 0 Å². The van der Waals surface area contributed by atoms with Crippen LogP contribution in [0, 0.1) is 35.5 Å². The SMILES string of the molecule is Cc1ccc(C(=C(C#N)C#N)C(C)C)cc1. The molecule has 0 radical (unpaired) electrons. The van der Waals surface area contributed by atoms with E-state index in [9.17, 15) is 0 Å². The van der Waals surface area contributed by atoms with Crippen LogP contribution in [0.2, 0.25) is 0 Å². The summed E-state index contributed by atoms with van der Waals surface area (Å²) in [5.74, 6) is 0.164. The molecule has 2 heteroatoms. The minimum absolute atomic E-state index is 0.164. The number of hydrogen-bond donors (Lipinski definition) is 0. The van der Waals surface area contributed by atoms with E-state index in [-0.39, 0.29) is 11.5 Å². The predicted molar refractivity (Wildman–Crippen MR) is 64.2 cm³/mol. The molecule has 0 aromatic heterocycles. The molecule has 0 aliphatic heterocycles. The van der Waals surface area contributed by atoms with E-state index in [4.69, 9.17) is 10.5 Å². The van der Waals surface area contributed by atoms with Gasteiger partial charge in [-0.05, 0) is 24.0 Å². The molecule has 0 bridgehead atoms. The van der Waals surface area contributed by atoms with Crippen molar-refractivity contribution in [1.82, 2.24) is 0 Å². The first kappa shape index (κ1) is 12.0. The smallest absolute Gasteiger partial charge is 0.133 e. The van der Waals surface area contributed by atoms with Crippen LogP contribution in [0.15, 0.2) is 29.8 Å². The Hall–Kier alpha value is -2.06. The average Bonchev–Trinajstić information content (AvgIpc) is 2.27. The van der Waals surface area contributed by atoms with Gasteiger partial charge in [0.1, 0.15) is 17.7 Å². The van der Waals surface area contributed by atoms with Gasteiger partial charge >= 0.3 is 0 Å². The summed E-state index contributed by atoms with van der Waals surface area (Å²) in [6, 6.07) is 11.8. The summed E-state index contributed by atoms with van der Waals surface area (Å²) in [7, 11) is 0. The Labute approximate surface area is 96.4 Å². The molecule has 0 fully saturated rings. The van der Waals surface area contributed by atoms with Crippen LogP contribution in [-0.2, 0) is 0 Å². The first-order valence-corrected chi connectivity index (χ1v) is 5.21. The Morgan fingerprint density at radius 3 is 1.94 bits per heavy atom. The quantitative estimate of drug-likeness (QED) is 0.702. The number of hydrogen-bond acceptors (Lipinski definition) is 2. The highest BCUT2D eigenvalue weighted by molar-refractivity contribution is 5.76. The lowest BCUT2D eigenvalue weighted by Gasteiger charge is -2.11. The van der Waals surface area contributed by atoms with Crippen LogP contribution in [0.5, 0.6) is 0 Å². The number of nitrogens with zero attached hydrogens (tertiary/aromatic N) is 2. The van der Waals surface area contributed by atoms with Crippen molar-refractivity contribution in [2.24, 2.45) is 5.92 Å². The van der Waals surface area contributed by atoms with E-state index in [2.05, 4.69) is 0 Å². The fourth-order valence-corrected chi connectivity index (χ4v) is 1.64. The van der Waals surface area contributed by atoms with Gasteiger partial charge in [-0.1, -0.05) is 43.7 Å². The monoisotopic (exact) mass is 210 g/mol. The van der Waals surface area contributed by atoms with Gasteiger partial charge in [0.2, 0.25) is 0 Å². The Kier molecular flexibility index (Phi) is 3.86. The largest absolute Gasteiger partial charge is 0.192 e. The third-order valence-corrected chi connectivity index (χ3v) is 2.43. The maximum absolute atomic E-state index is 8.93. The fraction of sp³-hybridized carbons (Fsp3) is 0.286. The van der Waals surface area contributed by atoms with Crippen LogP contribution in [0.4, 0.5) is 0 Å². The summed E-state index contributed by atoms with van der Waals surface area (Å²) in [6.45, 7) is 5.99. The maximum Gasteiger partial charge on any atom is 0.133 e. The molecule has 0 atom stereocenters. The highest BCUT2D eigenvalue weighted by atomic mass is 14.3. The summed E-state index contributed by atoms with van der Waals surface area (Å²) in [4.78, 5) is 0. The van der Waals surface area contributed by atoms with E-state index in [1.54, 1.807) is 0 Å². The lowest BCUT2D eigenvalue weighted by molar-refractivity contribution is 0.852. The van der Waals surface area contributed by atoms with Crippen LogP contribution < -0.4 is 0 Å². The highest BCUT2D eigenvalue weighted by Gasteiger charge is 2.12. The van der Waals surface area contributed by atoms with Gasteiger partial charge in [0.25, 0.3) is 0 Å². The van der Waals surface area contributed by atoms with E-state index in [0.29, 0.717) is 0 Å². The number of aryl methyl sites for hydroxylation is 1. The molecule has 1 rings (SSSR count). The Morgan fingerprint density at radius 2 is 1.56 bits per heavy atom. The second-order valence-corrected chi connectivity index (χ2v) is 4.03.